The Kier molecular flexibility index (Phi) is 3.87. The van der Waals surface area contributed by atoms with Crippen molar-refractivity contribution in [1.82, 2.24) is 9.55 Å². The minimum atomic E-state index is -3.98. The average Bonchev–Trinajstić information content (AvgIpc) is 2.70. The van der Waals surface area contributed by atoms with E-state index in [0.29, 0.717) is 0 Å². The standard InChI is InChI=1S/C11H11ClFN3O3S/c1-16-6-14-11(10(16)12)20(17,18)15-7-3-4-9(19-2)8(13)5-7/h3-6,15H,1-2H3. The molecule has 0 amide bonds. The van der Waals surface area contributed by atoms with Crippen LogP contribution in [-0.4, -0.2) is 25.1 Å². The van der Waals surface area contributed by atoms with Gasteiger partial charge in [-0.05, 0) is 12.1 Å². The molecule has 0 bridgehead atoms. The summed E-state index contributed by atoms with van der Waals surface area (Å²) in [6.45, 7) is 0. The maximum absolute atomic E-state index is 13.5. The molecule has 2 rings (SSSR count). The molecule has 1 aromatic heterocycles. The van der Waals surface area contributed by atoms with Crippen molar-refractivity contribution >= 4 is 27.3 Å². The summed E-state index contributed by atoms with van der Waals surface area (Å²) in [6.07, 6.45) is 1.27. The Bertz CT molecular complexity index is 745. The van der Waals surface area contributed by atoms with Crippen LogP contribution in [0.5, 0.6) is 5.75 Å². The summed E-state index contributed by atoms with van der Waals surface area (Å²) in [4.78, 5) is 3.70. The van der Waals surface area contributed by atoms with E-state index in [1.54, 1.807) is 7.05 Å². The Hall–Kier alpha value is -1.80. The molecular formula is C11H11ClFN3O3S. The van der Waals surface area contributed by atoms with Crippen LogP contribution >= 0.6 is 11.6 Å². The van der Waals surface area contributed by atoms with Crippen molar-refractivity contribution in [3.63, 3.8) is 0 Å². The molecule has 0 radical (unpaired) electrons. The Morgan fingerprint density at radius 1 is 1.45 bits per heavy atom. The number of benzene rings is 1. The van der Waals surface area contributed by atoms with Gasteiger partial charge in [-0.3, -0.25) is 4.72 Å². The summed E-state index contributed by atoms with van der Waals surface area (Å²) in [5, 5.41) is -0.357. The third-order valence-electron chi connectivity index (χ3n) is 2.49. The van der Waals surface area contributed by atoms with Gasteiger partial charge in [0.1, 0.15) is 5.15 Å². The lowest BCUT2D eigenvalue weighted by atomic mass is 10.3. The molecule has 0 aliphatic carbocycles. The second-order valence-corrected chi connectivity index (χ2v) is 5.86. The summed E-state index contributed by atoms with van der Waals surface area (Å²) in [5.74, 6) is -0.663. The van der Waals surface area contributed by atoms with Crippen molar-refractivity contribution in [2.24, 2.45) is 7.05 Å². The Balaban J connectivity index is 2.33. The molecule has 20 heavy (non-hydrogen) atoms. The lowest BCUT2D eigenvalue weighted by molar-refractivity contribution is 0.386. The number of rotatable bonds is 4. The Morgan fingerprint density at radius 2 is 2.15 bits per heavy atom. The van der Waals surface area contributed by atoms with Gasteiger partial charge in [0.15, 0.2) is 11.6 Å². The van der Waals surface area contributed by atoms with E-state index in [-0.39, 0.29) is 21.6 Å². The number of hydrogen-bond acceptors (Lipinski definition) is 4. The van der Waals surface area contributed by atoms with Gasteiger partial charge in [0.25, 0.3) is 10.0 Å². The third-order valence-corrected chi connectivity index (χ3v) is 4.36. The van der Waals surface area contributed by atoms with Crippen LogP contribution in [0.15, 0.2) is 29.6 Å². The summed E-state index contributed by atoms with van der Waals surface area (Å²) in [6, 6.07) is 3.69. The highest BCUT2D eigenvalue weighted by Gasteiger charge is 2.22. The van der Waals surface area contributed by atoms with Crippen LogP contribution in [0.3, 0.4) is 0 Å². The summed E-state index contributed by atoms with van der Waals surface area (Å²) < 4.78 is 46.0. The van der Waals surface area contributed by atoms with Gasteiger partial charge in [-0.25, -0.2) is 9.37 Å². The number of imidazole rings is 1. The van der Waals surface area contributed by atoms with E-state index in [2.05, 4.69) is 9.71 Å². The van der Waals surface area contributed by atoms with Crippen molar-refractivity contribution in [1.29, 1.82) is 0 Å². The van der Waals surface area contributed by atoms with E-state index >= 15 is 0 Å². The second kappa shape index (κ2) is 5.29. The van der Waals surface area contributed by atoms with E-state index in [1.165, 1.54) is 30.1 Å². The Labute approximate surface area is 120 Å². The zero-order valence-electron chi connectivity index (χ0n) is 10.6. The number of halogens is 2. The van der Waals surface area contributed by atoms with Crippen molar-refractivity contribution in [2.45, 2.75) is 5.03 Å². The minimum absolute atomic E-state index is 0.0174. The topological polar surface area (TPSA) is 73.2 Å². The lowest BCUT2D eigenvalue weighted by Gasteiger charge is -2.08. The van der Waals surface area contributed by atoms with Crippen LogP contribution in [0.25, 0.3) is 0 Å². The molecule has 2 aromatic rings. The first kappa shape index (κ1) is 14.6. The molecule has 0 atom stereocenters. The van der Waals surface area contributed by atoms with Crippen LogP contribution in [0, 0.1) is 5.82 Å². The number of aryl methyl sites for hydroxylation is 1. The maximum atomic E-state index is 13.5. The zero-order valence-corrected chi connectivity index (χ0v) is 12.2. The van der Waals surface area contributed by atoms with Crippen molar-refractivity contribution in [2.75, 3.05) is 11.8 Å². The highest BCUT2D eigenvalue weighted by atomic mass is 35.5. The lowest BCUT2D eigenvalue weighted by Crippen LogP contribution is -2.14. The molecule has 0 spiro atoms. The Morgan fingerprint density at radius 3 is 2.65 bits per heavy atom. The first-order valence-corrected chi connectivity index (χ1v) is 7.24. The summed E-state index contributed by atoms with van der Waals surface area (Å²) in [5.41, 5.74) is 0.0463. The molecule has 0 saturated heterocycles. The molecule has 1 N–H and O–H groups in total. The smallest absolute Gasteiger partial charge is 0.282 e. The minimum Gasteiger partial charge on any atom is -0.494 e. The quantitative estimate of drug-likeness (QED) is 0.935. The van der Waals surface area contributed by atoms with Gasteiger partial charge in [-0.2, -0.15) is 8.42 Å². The molecule has 0 unspecified atom stereocenters. The van der Waals surface area contributed by atoms with Gasteiger partial charge < -0.3 is 9.30 Å². The molecule has 9 heteroatoms. The van der Waals surface area contributed by atoms with E-state index in [1.807, 2.05) is 0 Å². The molecule has 0 aliphatic rings. The van der Waals surface area contributed by atoms with Gasteiger partial charge in [-0.1, -0.05) is 11.6 Å². The van der Waals surface area contributed by atoms with Crippen molar-refractivity contribution < 1.29 is 17.5 Å². The monoisotopic (exact) mass is 319 g/mol. The van der Waals surface area contributed by atoms with Crippen LogP contribution in [0.1, 0.15) is 0 Å². The number of aromatic nitrogens is 2. The summed E-state index contributed by atoms with van der Waals surface area (Å²) >= 11 is 5.83. The predicted molar refractivity (Wildman–Crippen MR) is 72.0 cm³/mol. The molecule has 0 aliphatic heterocycles. The van der Waals surface area contributed by atoms with Crippen LogP contribution < -0.4 is 9.46 Å². The SMILES string of the molecule is COc1ccc(NS(=O)(=O)c2ncn(C)c2Cl)cc1F. The number of sulfonamides is 1. The van der Waals surface area contributed by atoms with E-state index in [0.717, 1.165) is 6.07 Å². The molecular weight excluding hydrogens is 309 g/mol. The number of methoxy groups -OCH3 is 1. The van der Waals surface area contributed by atoms with Gasteiger partial charge in [0, 0.05) is 13.1 Å². The fraction of sp³-hybridized carbons (Fsp3) is 0.182. The van der Waals surface area contributed by atoms with Gasteiger partial charge in [0.2, 0.25) is 5.03 Å². The average molecular weight is 320 g/mol. The normalized spacial score (nSPS) is 11.4. The maximum Gasteiger partial charge on any atom is 0.282 e. The van der Waals surface area contributed by atoms with E-state index < -0.39 is 15.8 Å². The van der Waals surface area contributed by atoms with Crippen LogP contribution in [0.2, 0.25) is 5.15 Å². The number of nitrogens with one attached hydrogen (secondary N) is 1. The van der Waals surface area contributed by atoms with Crippen molar-refractivity contribution in [3.05, 3.63) is 35.5 Å². The largest absolute Gasteiger partial charge is 0.494 e. The first-order chi connectivity index (χ1) is 9.35. The highest BCUT2D eigenvalue weighted by molar-refractivity contribution is 7.92. The second-order valence-electron chi connectivity index (χ2n) is 3.91. The highest BCUT2D eigenvalue weighted by Crippen LogP contribution is 2.25. The van der Waals surface area contributed by atoms with Crippen LogP contribution in [0.4, 0.5) is 10.1 Å². The first-order valence-electron chi connectivity index (χ1n) is 5.38. The molecule has 0 saturated carbocycles. The van der Waals surface area contributed by atoms with Gasteiger partial charge in [0.05, 0.1) is 19.1 Å². The summed E-state index contributed by atoms with van der Waals surface area (Å²) in [7, 11) is -1.11. The molecule has 1 heterocycles. The van der Waals surface area contributed by atoms with E-state index in [4.69, 9.17) is 16.3 Å². The molecule has 1 aromatic carbocycles. The fourth-order valence-corrected chi connectivity index (χ4v) is 2.99. The van der Waals surface area contributed by atoms with Gasteiger partial charge in [-0.15, -0.1) is 0 Å². The van der Waals surface area contributed by atoms with Crippen molar-refractivity contribution in [3.8, 4) is 5.75 Å². The third kappa shape index (κ3) is 2.70. The zero-order chi connectivity index (χ0) is 14.9. The predicted octanol–water partition coefficient (Wildman–Crippen LogP) is 2.02. The van der Waals surface area contributed by atoms with Crippen LogP contribution in [-0.2, 0) is 17.1 Å². The molecule has 0 fully saturated rings. The molecule has 108 valence electrons. The fourth-order valence-electron chi connectivity index (χ4n) is 1.51. The van der Waals surface area contributed by atoms with Gasteiger partial charge >= 0.3 is 0 Å². The number of hydrogen-bond donors (Lipinski definition) is 1. The van der Waals surface area contributed by atoms with E-state index in [9.17, 15) is 12.8 Å². The molecule has 6 nitrogen and oxygen atoms in total. The number of anilines is 1. The number of ether oxygens (including phenoxy) is 1. The number of nitrogens with zero attached hydrogens (tertiary/aromatic N) is 2.